The van der Waals surface area contributed by atoms with E-state index in [4.69, 9.17) is 5.73 Å². The van der Waals surface area contributed by atoms with Gasteiger partial charge in [0, 0.05) is 24.7 Å². The summed E-state index contributed by atoms with van der Waals surface area (Å²) >= 11 is 1.52. The molecule has 1 aromatic rings. The molecule has 1 aliphatic rings. The third-order valence-electron chi connectivity index (χ3n) is 3.51. The van der Waals surface area contributed by atoms with Crippen LogP contribution in [0.3, 0.4) is 0 Å². The molecule has 7 heteroatoms. The average Bonchev–Trinajstić information content (AvgIpc) is 2.46. The Bertz CT molecular complexity index is 542. The summed E-state index contributed by atoms with van der Waals surface area (Å²) in [5, 5.41) is 0.632. The number of nitrogens with two attached hydrogens (primary N) is 1. The summed E-state index contributed by atoms with van der Waals surface area (Å²) in [6.45, 7) is 4.97. The maximum Gasteiger partial charge on any atom is 0.272 e. The Hall–Kier alpha value is -1.63. The van der Waals surface area contributed by atoms with Gasteiger partial charge in [-0.3, -0.25) is 9.59 Å². The minimum absolute atomic E-state index is 0.0960. The first-order chi connectivity index (χ1) is 10.0. The number of hydrogen-bond acceptors (Lipinski definition) is 5. The van der Waals surface area contributed by atoms with Gasteiger partial charge in [-0.25, -0.2) is 9.97 Å². The molecule has 1 saturated heterocycles. The topological polar surface area (TPSA) is 89.2 Å². The number of nitrogens with zero attached hydrogens (tertiary/aromatic N) is 3. The number of piperidine rings is 1. The standard InChI is InChI=1S/C14H20N4O2S/c1-3-21-14-16-9(2)8-11(17-14)13(20)18-6-4-10(5-7-18)12(15)19/h8,10H,3-7H2,1-2H3,(H2,15,19). The van der Waals surface area contributed by atoms with E-state index in [1.165, 1.54) is 11.8 Å². The lowest BCUT2D eigenvalue weighted by atomic mass is 9.96. The van der Waals surface area contributed by atoms with Gasteiger partial charge < -0.3 is 10.6 Å². The first kappa shape index (κ1) is 15.8. The van der Waals surface area contributed by atoms with Crippen LogP contribution in [0.15, 0.2) is 11.2 Å². The lowest BCUT2D eigenvalue weighted by Crippen LogP contribution is -2.42. The summed E-state index contributed by atoms with van der Waals surface area (Å²) in [4.78, 5) is 34.0. The van der Waals surface area contributed by atoms with Crippen molar-refractivity contribution in [2.24, 2.45) is 11.7 Å². The minimum atomic E-state index is -0.276. The molecule has 6 nitrogen and oxygen atoms in total. The molecule has 2 amide bonds. The summed E-state index contributed by atoms with van der Waals surface area (Å²) in [5.74, 6) is 0.372. The molecular formula is C14H20N4O2S. The summed E-state index contributed by atoms with van der Waals surface area (Å²) < 4.78 is 0. The lowest BCUT2D eigenvalue weighted by Gasteiger charge is -2.30. The van der Waals surface area contributed by atoms with Crippen LogP contribution in [0.5, 0.6) is 0 Å². The number of primary amides is 1. The number of aryl methyl sites for hydroxylation is 1. The van der Waals surface area contributed by atoms with E-state index in [-0.39, 0.29) is 17.7 Å². The first-order valence-electron chi connectivity index (χ1n) is 7.08. The fourth-order valence-electron chi connectivity index (χ4n) is 2.37. The number of likely N-dealkylation sites (tertiary alicyclic amines) is 1. The van der Waals surface area contributed by atoms with Crippen molar-refractivity contribution in [1.82, 2.24) is 14.9 Å². The number of hydrogen-bond donors (Lipinski definition) is 1. The number of carbonyl (C=O) groups is 2. The van der Waals surface area contributed by atoms with E-state index in [2.05, 4.69) is 9.97 Å². The fourth-order valence-corrected chi connectivity index (χ4v) is 3.00. The van der Waals surface area contributed by atoms with Gasteiger partial charge in [-0.2, -0.15) is 0 Å². The molecule has 2 N–H and O–H groups in total. The minimum Gasteiger partial charge on any atom is -0.369 e. The second kappa shape index (κ2) is 6.89. The normalized spacial score (nSPS) is 16.0. The molecule has 0 saturated carbocycles. The second-order valence-corrected chi connectivity index (χ2v) is 6.31. The van der Waals surface area contributed by atoms with E-state index in [9.17, 15) is 9.59 Å². The maximum atomic E-state index is 12.5. The Morgan fingerprint density at radius 1 is 1.38 bits per heavy atom. The molecule has 0 radical (unpaired) electrons. The molecule has 1 fully saturated rings. The summed E-state index contributed by atoms with van der Waals surface area (Å²) in [7, 11) is 0. The Morgan fingerprint density at radius 2 is 2.05 bits per heavy atom. The van der Waals surface area contributed by atoms with Crippen LogP contribution in [-0.2, 0) is 4.79 Å². The smallest absolute Gasteiger partial charge is 0.272 e. The van der Waals surface area contributed by atoms with Crippen molar-refractivity contribution >= 4 is 23.6 Å². The Balaban J connectivity index is 2.08. The number of rotatable bonds is 4. The number of thioether (sulfide) groups is 1. The maximum absolute atomic E-state index is 12.5. The molecule has 0 aromatic carbocycles. The van der Waals surface area contributed by atoms with Crippen molar-refractivity contribution in [3.05, 3.63) is 17.5 Å². The van der Waals surface area contributed by atoms with Crippen LogP contribution in [-0.4, -0.2) is 45.5 Å². The highest BCUT2D eigenvalue weighted by molar-refractivity contribution is 7.99. The Morgan fingerprint density at radius 3 is 2.62 bits per heavy atom. The molecule has 0 unspecified atom stereocenters. The van der Waals surface area contributed by atoms with Crippen LogP contribution in [0.4, 0.5) is 0 Å². The molecule has 2 rings (SSSR count). The molecule has 0 atom stereocenters. The van der Waals surface area contributed by atoms with E-state index < -0.39 is 0 Å². The Kier molecular flexibility index (Phi) is 5.17. The first-order valence-corrected chi connectivity index (χ1v) is 8.07. The van der Waals surface area contributed by atoms with E-state index in [0.717, 1.165) is 11.4 Å². The molecule has 1 aliphatic heterocycles. The van der Waals surface area contributed by atoms with Crippen LogP contribution in [0.2, 0.25) is 0 Å². The van der Waals surface area contributed by atoms with Gasteiger partial charge >= 0.3 is 0 Å². The van der Waals surface area contributed by atoms with Crippen molar-refractivity contribution in [2.45, 2.75) is 31.8 Å². The molecule has 114 valence electrons. The zero-order valence-electron chi connectivity index (χ0n) is 12.3. The zero-order chi connectivity index (χ0) is 15.4. The highest BCUT2D eigenvalue weighted by atomic mass is 32.2. The van der Waals surface area contributed by atoms with Gasteiger partial charge in [0.2, 0.25) is 5.91 Å². The summed E-state index contributed by atoms with van der Waals surface area (Å²) in [5.41, 5.74) is 6.52. The van der Waals surface area contributed by atoms with Gasteiger partial charge in [-0.15, -0.1) is 0 Å². The van der Waals surface area contributed by atoms with E-state index in [0.29, 0.717) is 36.8 Å². The van der Waals surface area contributed by atoms with Crippen LogP contribution in [0.25, 0.3) is 0 Å². The van der Waals surface area contributed by atoms with Gasteiger partial charge in [-0.05, 0) is 31.6 Å². The predicted molar refractivity (Wildman–Crippen MR) is 81.0 cm³/mol. The molecule has 0 bridgehead atoms. The fraction of sp³-hybridized carbons (Fsp3) is 0.571. The number of carbonyl (C=O) groups excluding carboxylic acids is 2. The van der Waals surface area contributed by atoms with Crippen LogP contribution >= 0.6 is 11.8 Å². The van der Waals surface area contributed by atoms with Crippen molar-refractivity contribution < 1.29 is 9.59 Å². The second-order valence-electron chi connectivity index (χ2n) is 5.08. The summed E-state index contributed by atoms with van der Waals surface area (Å²) in [6.07, 6.45) is 1.25. The van der Waals surface area contributed by atoms with Gasteiger partial charge in [0.05, 0.1) is 0 Å². The largest absolute Gasteiger partial charge is 0.369 e. The predicted octanol–water partition coefficient (Wildman–Crippen LogP) is 1.23. The molecule has 21 heavy (non-hydrogen) atoms. The van der Waals surface area contributed by atoms with E-state index >= 15 is 0 Å². The van der Waals surface area contributed by atoms with Gasteiger partial charge in [0.1, 0.15) is 5.69 Å². The molecule has 0 aliphatic carbocycles. The molecular weight excluding hydrogens is 288 g/mol. The summed E-state index contributed by atoms with van der Waals surface area (Å²) in [6, 6.07) is 1.71. The van der Waals surface area contributed by atoms with Gasteiger partial charge in [0.25, 0.3) is 5.91 Å². The van der Waals surface area contributed by atoms with Crippen molar-refractivity contribution in [1.29, 1.82) is 0 Å². The highest BCUT2D eigenvalue weighted by Crippen LogP contribution is 2.19. The third-order valence-corrected chi connectivity index (χ3v) is 4.24. The zero-order valence-corrected chi connectivity index (χ0v) is 13.2. The number of aromatic nitrogens is 2. The SMILES string of the molecule is CCSc1nc(C)cc(C(=O)N2CCC(C(N)=O)CC2)n1. The van der Waals surface area contributed by atoms with Gasteiger partial charge in [-0.1, -0.05) is 18.7 Å². The Labute approximate surface area is 128 Å². The average molecular weight is 308 g/mol. The van der Waals surface area contributed by atoms with Crippen LogP contribution < -0.4 is 5.73 Å². The molecule has 2 heterocycles. The van der Waals surface area contributed by atoms with Crippen molar-refractivity contribution in [3.63, 3.8) is 0 Å². The van der Waals surface area contributed by atoms with Crippen LogP contribution in [0, 0.1) is 12.8 Å². The molecule has 0 spiro atoms. The van der Waals surface area contributed by atoms with E-state index in [1.54, 1.807) is 11.0 Å². The third kappa shape index (κ3) is 3.93. The van der Waals surface area contributed by atoms with E-state index in [1.807, 2.05) is 13.8 Å². The molecule has 1 aromatic heterocycles. The quantitative estimate of drug-likeness (QED) is 0.667. The monoisotopic (exact) mass is 308 g/mol. The highest BCUT2D eigenvalue weighted by Gasteiger charge is 2.27. The van der Waals surface area contributed by atoms with Crippen LogP contribution in [0.1, 0.15) is 35.9 Å². The van der Waals surface area contributed by atoms with Crippen molar-refractivity contribution in [2.75, 3.05) is 18.8 Å². The lowest BCUT2D eigenvalue weighted by molar-refractivity contribution is -0.123. The van der Waals surface area contributed by atoms with Crippen molar-refractivity contribution in [3.8, 4) is 0 Å². The number of amides is 2. The van der Waals surface area contributed by atoms with Gasteiger partial charge in [0.15, 0.2) is 5.16 Å².